The first-order valence-electron chi connectivity index (χ1n) is 7.56. The van der Waals surface area contributed by atoms with Gasteiger partial charge in [0.05, 0.1) is 0 Å². The van der Waals surface area contributed by atoms with Gasteiger partial charge >= 0.3 is 6.18 Å². The van der Waals surface area contributed by atoms with Crippen LogP contribution in [0.5, 0.6) is 0 Å². The van der Waals surface area contributed by atoms with E-state index in [0.717, 1.165) is 45.2 Å². The fraction of sp³-hybridized carbons (Fsp3) is 0.667. The van der Waals surface area contributed by atoms with Gasteiger partial charge in [0.15, 0.2) is 0 Å². The summed E-state index contributed by atoms with van der Waals surface area (Å²) in [5.74, 6) is 0.278. The molecule has 124 valence electrons. The normalized spacial score (nSPS) is 19.1. The van der Waals surface area contributed by atoms with Crippen LogP contribution in [0.25, 0.3) is 0 Å². The number of nitrogens with one attached hydrogen (secondary N) is 1. The summed E-state index contributed by atoms with van der Waals surface area (Å²) in [5.41, 5.74) is -0.858. The first kappa shape index (κ1) is 17.0. The number of piperazine rings is 1. The summed E-state index contributed by atoms with van der Waals surface area (Å²) in [5, 5.41) is 3.05. The highest BCUT2D eigenvalue weighted by atomic mass is 19.4. The average Bonchev–Trinajstić information content (AvgIpc) is 2.46. The summed E-state index contributed by atoms with van der Waals surface area (Å²) < 4.78 is 37.9. The van der Waals surface area contributed by atoms with Crippen LogP contribution in [0.15, 0.2) is 18.2 Å². The zero-order valence-electron chi connectivity index (χ0n) is 13.0. The minimum Gasteiger partial charge on any atom is -0.368 e. The Bertz CT molecular complexity index is 470. The summed E-state index contributed by atoms with van der Waals surface area (Å²) in [6, 6.07) is 4.02. The average molecular weight is 316 g/mol. The molecule has 1 atom stereocenters. The van der Waals surface area contributed by atoms with E-state index in [2.05, 4.69) is 27.1 Å². The first-order chi connectivity index (χ1) is 10.3. The SMILES string of the molecule is CC(CCN1CCN(C)CC1)Nc1cccc(C(F)(F)F)n1. The highest BCUT2D eigenvalue weighted by molar-refractivity contribution is 5.36. The van der Waals surface area contributed by atoms with Gasteiger partial charge in [-0.2, -0.15) is 13.2 Å². The quantitative estimate of drug-likeness (QED) is 0.904. The molecule has 1 aliphatic heterocycles. The van der Waals surface area contributed by atoms with Crippen molar-refractivity contribution in [1.82, 2.24) is 14.8 Å². The predicted molar refractivity (Wildman–Crippen MR) is 80.9 cm³/mol. The Morgan fingerprint density at radius 1 is 1.23 bits per heavy atom. The van der Waals surface area contributed by atoms with Crippen LogP contribution >= 0.6 is 0 Å². The Hall–Kier alpha value is -1.34. The Labute approximate surface area is 129 Å². The van der Waals surface area contributed by atoms with Gasteiger partial charge in [0.2, 0.25) is 0 Å². The van der Waals surface area contributed by atoms with E-state index >= 15 is 0 Å². The third kappa shape index (κ3) is 5.14. The summed E-state index contributed by atoms with van der Waals surface area (Å²) in [4.78, 5) is 8.32. The van der Waals surface area contributed by atoms with Crippen LogP contribution < -0.4 is 5.32 Å². The second kappa shape index (κ2) is 7.28. The van der Waals surface area contributed by atoms with Crippen molar-refractivity contribution in [1.29, 1.82) is 0 Å². The Balaban J connectivity index is 1.80. The van der Waals surface area contributed by atoms with E-state index in [1.165, 1.54) is 6.07 Å². The molecule has 0 bridgehead atoms. The molecule has 1 N–H and O–H groups in total. The van der Waals surface area contributed by atoms with Crippen LogP contribution in [-0.2, 0) is 6.18 Å². The zero-order chi connectivity index (χ0) is 16.2. The second-order valence-corrected chi connectivity index (χ2v) is 5.88. The lowest BCUT2D eigenvalue weighted by molar-refractivity contribution is -0.141. The molecule has 0 aliphatic carbocycles. The standard InChI is InChI=1S/C15H23F3N4/c1-12(6-7-22-10-8-21(2)9-11-22)19-14-5-3-4-13(20-14)15(16,17)18/h3-5,12H,6-11H2,1-2H3,(H,19,20). The van der Waals surface area contributed by atoms with E-state index in [1.807, 2.05) is 6.92 Å². The molecule has 2 heterocycles. The third-order valence-electron chi connectivity index (χ3n) is 3.91. The van der Waals surface area contributed by atoms with E-state index in [4.69, 9.17) is 0 Å². The smallest absolute Gasteiger partial charge is 0.368 e. The molecular formula is C15H23F3N4. The van der Waals surface area contributed by atoms with E-state index in [-0.39, 0.29) is 11.9 Å². The van der Waals surface area contributed by atoms with E-state index in [0.29, 0.717) is 0 Å². The summed E-state index contributed by atoms with van der Waals surface area (Å²) in [6.45, 7) is 7.14. The molecule has 1 fully saturated rings. The molecule has 1 aromatic rings. The Morgan fingerprint density at radius 3 is 2.55 bits per heavy atom. The molecule has 0 amide bonds. The maximum absolute atomic E-state index is 12.6. The molecule has 1 aliphatic rings. The van der Waals surface area contributed by atoms with Gasteiger partial charge in [-0.3, -0.25) is 0 Å². The molecule has 1 aromatic heterocycles. The molecule has 4 nitrogen and oxygen atoms in total. The van der Waals surface area contributed by atoms with Crippen molar-refractivity contribution >= 4 is 5.82 Å². The fourth-order valence-electron chi connectivity index (χ4n) is 2.45. The first-order valence-corrected chi connectivity index (χ1v) is 7.56. The number of pyridine rings is 1. The molecule has 0 spiro atoms. The minimum absolute atomic E-state index is 0.0793. The van der Waals surface area contributed by atoms with Crippen LogP contribution in [-0.4, -0.2) is 60.6 Å². The third-order valence-corrected chi connectivity index (χ3v) is 3.91. The molecule has 1 saturated heterocycles. The Kier molecular flexibility index (Phi) is 5.63. The van der Waals surface area contributed by atoms with Crippen molar-refractivity contribution < 1.29 is 13.2 Å². The van der Waals surface area contributed by atoms with Gasteiger partial charge in [-0.1, -0.05) is 6.07 Å². The van der Waals surface area contributed by atoms with Gasteiger partial charge in [0.1, 0.15) is 11.5 Å². The van der Waals surface area contributed by atoms with Gasteiger partial charge in [0.25, 0.3) is 0 Å². The summed E-state index contributed by atoms with van der Waals surface area (Å²) in [7, 11) is 2.11. The number of alkyl halides is 3. The topological polar surface area (TPSA) is 31.4 Å². The van der Waals surface area contributed by atoms with Crippen molar-refractivity contribution in [3.05, 3.63) is 23.9 Å². The lowest BCUT2D eigenvalue weighted by Crippen LogP contribution is -2.45. The molecule has 7 heteroatoms. The lowest BCUT2D eigenvalue weighted by atomic mass is 10.2. The molecular weight excluding hydrogens is 293 g/mol. The van der Waals surface area contributed by atoms with Gasteiger partial charge in [-0.05, 0) is 32.5 Å². The minimum atomic E-state index is -4.40. The number of likely N-dealkylation sites (N-methyl/N-ethyl adjacent to an activating group) is 1. The zero-order valence-corrected chi connectivity index (χ0v) is 13.0. The van der Waals surface area contributed by atoms with E-state index in [9.17, 15) is 13.2 Å². The monoisotopic (exact) mass is 316 g/mol. The van der Waals surface area contributed by atoms with Crippen molar-refractivity contribution in [2.45, 2.75) is 25.6 Å². The summed E-state index contributed by atoms with van der Waals surface area (Å²) in [6.07, 6.45) is -3.53. The number of hydrogen-bond acceptors (Lipinski definition) is 4. The number of hydrogen-bond donors (Lipinski definition) is 1. The predicted octanol–water partition coefficient (Wildman–Crippen LogP) is 2.54. The molecule has 0 saturated carbocycles. The number of nitrogens with zero attached hydrogens (tertiary/aromatic N) is 3. The van der Waals surface area contributed by atoms with E-state index in [1.54, 1.807) is 6.07 Å². The number of halogens is 3. The second-order valence-electron chi connectivity index (χ2n) is 5.88. The van der Waals surface area contributed by atoms with Crippen LogP contribution in [0.1, 0.15) is 19.0 Å². The highest BCUT2D eigenvalue weighted by Gasteiger charge is 2.32. The summed E-state index contributed by atoms with van der Waals surface area (Å²) >= 11 is 0. The van der Waals surface area contributed by atoms with Gasteiger partial charge < -0.3 is 15.1 Å². The number of rotatable bonds is 5. The van der Waals surface area contributed by atoms with Crippen LogP contribution in [0, 0.1) is 0 Å². The maximum atomic E-state index is 12.6. The van der Waals surface area contributed by atoms with E-state index < -0.39 is 11.9 Å². The number of anilines is 1. The van der Waals surface area contributed by atoms with Gasteiger partial charge in [0, 0.05) is 38.8 Å². The van der Waals surface area contributed by atoms with Gasteiger partial charge in [-0.25, -0.2) is 4.98 Å². The molecule has 22 heavy (non-hydrogen) atoms. The largest absolute Gasteiger partial charge is 0.433 e. The van der Waals surface area contributed by atoms with Crippen molar-refractivity contribution in [3.63, 3.8) is 0 Å². The molecule has 0 aromatic carbocycles. The van der Waals surface area contributed by atoms with Crippen molar-refractivity contribution in [2.75, 3.05) is 45.1 Å². The van der Waals surface area contributed by atoms with Crippen LogP contribution in [0.2, 0.25) is 0 Å². The lowest BCUT2D eigenvalue weighted by Gasteiger charge is -2.33. The number of aromatic nitrogens is 1. The maximum Gasteiger partial charge on any atom is 0.433 e. The highest BCUT2D eigenvalue weighted by Crippen LogP contribution is 2.28. The molecule has 0 radical (unpaired) electrons. The van der Waals surface area contributed by atoms with Gasteiger partial charge in [-0.15, -0.1) is 0 Å². The van der Waals surface area contributed by atoms with Crippen LogP contribution in [0.4, 0.5) is 19.0 Å². The fourth-order valence-corrected chi connectivity index (χ4v) is 2.45. The molecule has 1 unspecified atom stereocenters. The Morgan fingerprint density at radius 2 is 1.91 bits per heavy atom. The van der Waals surface area contributed by atoms with Crippen LogP contribution in [0.3, 0.4) is 0 Å². The van der Waals surface area contributed by atoms with Crippen molar-refractivity contribution in [3.8, 4) is 0 Å². The van der Waals surface area contributed by atoms with Crippen molar-refractivity contribution in [2.24, 2.45) is 0 Å². The molecule has 2 rings (SSSR count).